The van der Waals surface area contributed by atoms with E-state index in [-0.39, 0.29) is 42.5 Å². The second-order valence-electron chi connectivity index (χ2n) is 15.0. The molecule has 1 aliphatic heterocycles. The van der Waals surface area contributed by atoms with Gasteiger partial charge in [-0.25, -0.2) is 35.9 Å². The lowest BCUT2D eigenvalue weighted by Gasteiger charge is -2.21. The number of rotatable bonds is 22. The summed E-state index contributed by atoms with van der Waals surface area (Å²) < 4.78 is 63.0. The molecule has 0 radical (unpaired) electrons. The summed E-state index contributed by atoms with van der Waals surface area (Å²) in [5.41, 5.74) is -1.97. The average molecular weight is 862 g/mol. The number of carboxylic acid groups (broad SMARTS) is 1. The van der Waals surface area contributed by atoms with E-state index in [1.54, 1.807) is 12.1 Å². The zero-order chi connectivity index (χ0) is 42.8. The maximum atomic E-state index is 13.6. The molecule has 3 fully saturated rings. The van der Waals surface area contributed by atoms with Gasteiger partial charge in [-0.2, -0.15) is 0 Å². The molecule has 0 bridgehead atoms. The number of carbonyl (C=O) groups is 4. The van der Waals surface area contributed by atoms with E-state index in [4.69, 9.17) is 4.74 Å². The zero-order valence-electron chi connectivity index (χ0n) is 32.4. The summed E-state index contributed by atoms with van der Waals surface area (Å²) in [5, 5.41) is 32.0. The molecule has 7 N–H and O–H groups in total. The van der Waals surface area contributed by atoms with Gasteiger partial charge in [-0.1, -0.05) is 56.0 Å². The van der Waals surface area contributed by atoms with Gasteiger partial charge in [-0.05, 0) is 69.6 Å². The molecule has 59 heavy (non-hydrogen) atoms. The smallest absolute Gasteiger partial charge is 0.408 e. The molecule has 19 nitrogen and oxygen atoms in total. The molecular formula is C38H51N7O12S2. The number of benzene rings is 2. The zero-order valence-corrected chi connectivity index (χ0v) is 34.0. The van der Waals surface area contributed by atoms with E-state index in [1.807, 2.05) is 0 Å². The van der Waals surface area contributed by atoms with Gasteiger partial charge in [0.1, 0.15) is 22.6 Å². The Kier molecular flexibility index (Phi) is 15.1. The number of nitrogens with zero attached hydrogens (tertiary/aromatic N) is 1. The molecule has 3 aliphatic rings. The maximum absolute atomic E-state index is 13.6. The number of carboxylic acids is 1. The Labute approximate surface area is 342 Å². The van der Waals surface area contributed by atoms with E-state index in [2.05, 4.69) is 37.3 Å². The van der Waals surface area contributed by atoms with Crippen LogP contribution in [0.2, 0.25) is 0 Å². The normalized spacial score (nSPS) is 22.1. The third kappa shape index (κ3) is 11.8. The number of hydrogen-bond donors (Lipinski definition) is 7. The largest absolute Gasteiger partial charge is 0.480 e. The van der Waals surface area contributed by atoms with Gasteiger partial charge in [-0.3, -0.25) is 19.7 Å². The quantitative estimate of drug-likeness (QED) is 0.0388. The molecule has 3 amide bonds. The third-order valence-electron chi connectivity index (χ3n) is 10.7. The van der Waals surface area contributed by atoms with Crippen LogP contribution in [-0.4, -0.2) is 93.6 Å². The van der Waals surface area contributed by atoms with Crippen molar-refractivity contribution in [2.24, 2.45) is 5.92 Å². The minimum atomic E-state index is -4.45. The van der Waals surface area contributed by atoms with Crippen molar-refractivity contribution in [2.45, 2.75) is 117 Å². The predicted octanol–water partition coefficient (Wildman–Crippen LogP) is 3.04. The molecule has 322 valence electrons. The predicted molar refractivity (Wildman–Crippen MR) is 214 cm³/mol. The molecule has 2 saturated carbocycles. The summed E-state index contributed by atoms with van der Waals surface area (Å²) in [6, 6.07) is 8.07. The molecule has 0 spiro atoms. The van der Waals surface area contributed by atoms with Crippen molar-refractivity contribution >= 4 is 55.3 Å². The Morgan fingerprint density at radius 3 is 2.31 bits per heavy atom. The number of nitro groups is 1. The van der Waals surface area contributed by atoms with Gasteiger partial charge in [-0.15, -0.1) is 6.58 Å². The number of amides is 3. The Bertz CT molecular complexity index is 2110. The number of carbonyl (C=O) groups excluding carboxylic acids is 3. The Morgan fingerprint density at radius 1 is 0.966 bits per heavy atom. The summed E-state index contributed by atoms with van der Waals surface area (Å²) >= 11 is 0. The number of para-hydroxylation sites is 2. The summed E-state index contributed by atoms with van der Waals surface area (Å²) in [5.74, 6) is -3.35. The summed E-state index contributed by atoms with van der Waals surface area (Å²) in [6.45, 7) is 4.11. The molecule has 2 aliphatic carbocycles. The third-order valence-corrected chi connectivity index (χ3v) is 13.7. The lowest BCUT2D eigenvalue weighted by Crippen LogP contribution is -2.55. The van der Waals surface area contributed by atoms with Crippen LogP contribution in [0.3, 0.4) is 0 Å². The standard InChI is InChI=1S/C38H51N7O12S2/c1-2-25-23-38(25,42-34(46)30-22-26(24-40-30)43-59(55,56)33-20-12-10-18-31(33)45(51)52)36(49)44-58(53,54)32-19-11-9-16-28(32)39-21-13-5-3-4-6-17-29(35(47)48)41-37(50)57-27-14-7-8-15-27/h2,9-12,16,18-20,25-27,29-30,39-40,43H,1,3-8,13-15,17,21-24H2,(H,41,50)(H,42,46)(H,44,49)(H,47,48)/t25-,26-,29+,30-,38+/m1/s1. The first-order chi connectivity index (χ1) is 28.1. The molecule has 0 unspecified atom stereocenters. The van der Waals surface area contributed by atoms with Crippen LogP contribution in [0.5, 0.6) is 0 Å². The number of anilines is 1. The topological polar surface area (TPSA) is 281 Å². The molecule has 5 rings (SSSR count). The molecule has 1 heterocycles. The number of hydrogen-bond acceptors (Lipinski definition) is 13. The van der Waals surface area contributed by atoms with Crippen LogP contribution >= 0.6 is 0 Å². The number of ether oxygens (including phenoxy) is 1. The van der Waals surface area contributed by atoms with E-state index in [9.17, 15) is 51.2 Å². The van der Waals surface area contributed by atoms with Crippen molar-refractivity contribution in [3.63, 3.8) is 0 Å². The summed E-state index contributed by atoms with van der Waals surface area (Å²) in [7, 11) is -8.78. The van der Waals surface area contributed by atoms with Gasteiger partial charge in [0.05, 0.1) is 16.7 Å². The number of unbranched alkanes of at least 4 members (excludes halogenated alkanes) is 4. The van der Waals surface area contributed by atoms with Gasteiger partial charge in [0, 0.05) is 31.1 Å². The Morgan fingerprint density at radius 2 is 1.63 bits per heavy atom. The van der Waals surface area contributed by atoms with Crippen LogP contribution in [0.25, 0.3) is 0 Å². The second kappa shape index (κ2) is 19.8. The van der Waals surface area contributed by atoms with Crippen LogP contribution < -0.4 is 30.7 Å². The van der Waals surface area contributed by atoms with Crippen LogP contribution in [-0.2, 0) is 39.2 Å². The van der Waals surface area contributed by atoms with Crippen molar-refractivity contribution in [3.05, 3.63) is 71.3 Å². The monoisotopic (exact) mass is 861 g/mol. The van der Waals surface area contributed by atoms with Crippen molar-refractivity contribution in [3.8, 4) is 0 Å². The van der Waals surface area contributed by atoms with E-state index in [0.29, 0.717) is 19.4 Å². The highest BCUT2D eigenvalue weighted by molar-refractivity contribution is 7.90. The van der Waals surface area contributed by atoms with Gasteiger partial charge in [0.15, 0.2) is 4.90 Å². The first kappa shape index (κ1) is 45.0. The Hall–Kier alpha value is -5.12. The van der Waals surface area contributed by atoms with Gasteiger partial charge < -0.3 is 31.1 Å². The van der Waals surface area contributed by atoms with E-state index >= 15 is 0 Å². The number of alkyl carbamates (subject to hydrolysis) is 1. The van der Waals surface area contributed by atoms with E-state index in [0.717, 1.165) is 57.1 Å². The fourth-order valence-corrected chi connectivity index (χ4v) is 10.1. The lowest BCUT2D eigenvalue weighted by molar-refractivity contribution is -0.387. The first-order valence-electron chi connectivity index (χ1n) is 19.6. The Balaban J connectivity index is 1.08. The number of nitro benzene ring substituents is 1. The summed E-state index contributed by atoms with van der Waals surface area (Å²) in [4.78, 5) is 60.7. The number of sulfonamides is 2. The van der Waals surface area contributed by atoms with E-state index in [1.165, 1.54) is 30.3 Å². The highest BCUT2D eigenvalue weighted by atomic mass is 32.2. The average Bonchev–Trinajstić information content (AvgIpc) is 3.44. The van der Waals surface area contributed by atoms with Gasteiger partial charge >= 0.3 is 12.1 Å². The van der Waals surface area contributed by atoms with Crippen molar-refractivity contribution in [2.75, 3.05) is 18.4 Å². The van der Waals surface area contributed by atoms with Crippen LogP contribution in [0, 0.1) is 16.0 Å². The van der Waals surface area contributed by atoms with Crippen LogP contribution in [0.15, 0.2) is 71.0 Å². The number of aliphatic carboxylic acids is 1. The SMILES string of the molecule is C=C[C@@H]1C[C@@]1(NC(=O)[C@H]1C[C@@H](NS(=O)(=O)c2ccccc2[N+](=O)[O-])CN1)C(=O)NS(=O)(=O)c1ccccc1NCCCCCCC[C@H](NC(=O)OC1CCCC1)C(=O)O. The molecule has 5 atom stereocenters. The first-order valence-corrected chi connectivity index (χ1v) is 22.6. The van der Waals surface area contributed by atoms with E-state index < -0.39 is 89.0 Å². The van der Waals surface area contributed by atoms with Gasteiger partial charge in [0.2, 0.25) is 15.9 Å². The number of nitrogens with one attached hydrogen (secondary N) is 6. The van der Waals surface area contributed by atoms with Crippen molar-refractivity contribution < 1.29 is 50.8 Å². The molecule has 1 saturated heterocycles. The summed E-state index contributed by atoms with van der Waals surface area (Å²) in [6.07, 6.45) is 7.87. The minimum Gasteiger partial charge on any atom is -0.480 e. The highest BCUT2D eigenvalue weighted by Crippen LogP contribution is 2.45. The maximum Gasteiger partial charge on any atom is 0.408 e. The second-order valence-corrected chi connectivity index (χ2v) is 18.3. The molecule has 2 aromatic carbocycles. The van der Waals surface area contributed by atoms with Gasteiger partial charge in [0.25, 0.3) is 21.6 Å². The van der Waals surface area contributed by atoms with Crippen molar-refractivity contribution in [1.82, 2.24) is 25.4 Å². The fourth-order valence-electron chi connectivity index (χ4n) is 7.42. The van der Waals surface area contributed by atoms with Crippen LogP contribution in [0.4, 0.5) is 16.2 Å². The minimum absolute atomic E-state index is 0.00474. The lowest BCUT2D eigenvalue weighted by atomic mass is 10.1. The molecule has 2 aromatic rings. The van der Waals surface area contributed by atoms with Crippen molar-refractivity contribution in [1.29, 1.82) is 0 Å². The molecule has 0 aromatic heterocycles. The molecule has 21 heteroatoms. The highest BCUT2D eigenvalue weighted by Gasteiger charge is 2.61. The fraction of sp³-hybridized carbons (Fsp3) is 0.526. The van der Waals surface area contributed by atoms with Crippen LogP contribution in [0.1, 0.15) is 77.0 Å². The molecular weight excluding hydrogens is 811 g/mol.